The second-order valence-electron chi connectivity index (χ2n) is 5.22. The summed E-state index contributed by atoms with van der Waals surface area (Å²) in [4.78, 5) is 2.26. The van der Waals surface area contributed by atoms with Crippen LogP contribution in [0.2, 0.25) is 0 Å². The highest BCUT2D eigenvalue weighted by atomic mass is 32.2. The zero-order chi connectivity index (χ0) is 13.9. The van der Waals surface area contributed by atoms with Gasteiger partial charge in [0.05, 0.1) is 11.5 Å². The first-order valence-electron chi connectivity index (χ1n) is 6.73. The van der Waals surface area contributed by atoms with Crippen molar-refractivity contribution in [2.24, 2.45) is 5.73 Å². The minimum Gasteiger partial charge on any atom is -0.326 e. The van der Waals surface area contributed by atoms with Gasteiger partial charge in [-0.1, -0.05) is 24.3 Å². The van der Waals surface area contributed by atoms with Crippen LogP contribution in [0.15, 0.2) is 24.3 Å². The lowest BCUT2D eigenvalue weighted by Crippen LogP contribution is -2.47. The van der Waals surface area contributed by atoms with Gasteiger partial charge in [-0.05, 0) is 24.5 Å². The maximum absolute atomic E-state index is 11.5. The van der Waals surface area contributed by atoms with Crippen molar-refractivity contribution in [2.45, 2.75) is 25.9 Å². The Balaban J connectivity index is 1.96. The maximum atomic E-state index is 11.5. The predicted octanol–water partition coefficient (Wildman–Crippen LogP) is 0.807. The third-order valence-corrected chi connectivity index (χ3v) is 5.61. The summed E-state index contributed by atoms with van der Waals surface area (Å²) in [5.74, 6) is 0.571. The summed E-state index contributed by atoms with van der Waals surface area (Å²) in [6.45, 7) is 4.09. The molecule has 0 amide bonds. The lowest BCUT2D eigenvalue weighted by Gasteiger charge is -2.33. The molecule has 0 bridgehead atoms. The van der Waals surface area contributed by atoms with Crippen LogP contribution in [0.4, 0.5) is 0 Å². The van der Waals surface area contributed by atoms with Gasteiger partial charge in [-0.3, -0.25) is 4.90 Å². The Bertz CT molecular complexity index is 528. The van der Waals surface area contributed by atoms with E-state index < -0.39 is 9.84 Å². The van der Waals surface area contributed by atoms with E-state index in [4.69, 9.17) is 5.73 Å². The SMILES string of the molecule is CC1CS(=O)(=O)CCN1CCc1ccccc1CN. The van der Waals surface area contributed by atoms with Crippen molar-refractivity contribution < 1.29 is 8.42 Å². The molecule has 106 valence electrons. The molecule has 0 saturated carbocycles. The molecule has 1 aromatic rings. The molecule has 1 atom stereocenters. The number of benzene rings is 1. The zero-order valence-electron chi connectivity index (χ0n) is 11.4. The molecule has 0 aromatic heterocycles. The molecule has 1 aliphatic heterocycles. The predicted molar refractivity (Wildman–Crippen MR) is 77.7 cm³/mol. The van der Waals surface area contributed by atoms with Gasteiger partial charge in [-0.2, -0.15) is 0 Å². The number of sulfone groups is 1. The van der Waals surface area contributed by atoms with Crippen molar-refractivity contribution >= 4 is 9.84 Å². The van der Waals surface area contributed by atoms with Crippen LogP contribution in [0.1, 0.15) is 18.1 Å². The van der Waals surface area contributed by atoms with Gasteiger partial charge in [0.1, 0.15) is 0 Å². The summed E-state index contributed by atoms with van der Waals surface area (Å²) in [6.07, 6.45) is 0.928. The molecule has 0 radical (unpaired) electrons. The Morgan fingerprint density at radius 1 is 1.32 bits per heavy atom. The van der Waals surface area contributed by atoms with E-state index in [1.807, 2.05) is 19.1 Å². The molecule has 1 aliphatic rings. The van der Waals surface area contributed by atoms with Crippen molar-refractivity contribution in [2.75, 3.05) is 24.6 Å². The van der Waals surface area contributed by atoms with E-state index in [1.165, 1.54) is 11.1 Å². The Morgan fingerprint density at radius 2 is 2.00 bits per heavy atom. The average Bonchev–Trinajstić information content (AvgIpc) is 2.37. The molecule has 1 saturated heterocycles. The average molecular weight is 282 g/mol. The molecule has 5 heteroatoms. The fourth-order valence-corrected chi connectivity index (χ4v) is 4.25. The van der Waals surface area contributed by atoms with Crippen LogP contribution in [0.25, 0.3) is 0 Å². The molecule has 0 aliphatic carbocycles. The van der Waals surface area contributed by atoms with Gasteiger partial charge in [0, 0.05) is 25.7 Å². The van der Waals surface area contributed by atoms with Gasteiger partial charge in [-0.15, -0.1) is 0 Å². The molecular weight excluding hydrogens is 260 g/mol. The van der Waals surface area contributed by atoms with Crippen molar-refractivity contribution in [3.8, 4) is 0 Å². The van der Waals surface area contributed by atoms with Gasteiger partial charge in [0.25, 0.3) is 0 Å². The second-order valence-corrected chi connectivity index (χ2v) is 7.45. The summed E-state index contributed by atoms with van der Waals surface area (Å²) >= 11 is 0. The number of nitrogens with two attached hydrogens (primary N) is 1. The van der Waals surface area contributed by atoms with E-state index in [-0.39, 0.29) is 17.5 Å². The molecule has 1 fully saturated rings. The number of hydrogen-bond acceptors (Lipinski definition) is 4. The Labute approximate surface area is 115 Å². The highest BCUT2D eigenvalue weighted by Crippen LogP contribution is 2.14. The summed E-state index contributed by atoms with van der Waals surface area (Å²) in [7, 11) is -2.82. The van der Waals surface area contributed by atoms with Crippen LogP contribution in [0.3, 0.4) is 0 Å². The molecule has 1 unspecified atom stereocenters. The van der Waals surface area contributed by atoms with Crippen LogP contribution in [0.5, 0.6) is 0 Å². The van der Waals surface area contributed by atoms with Gasteiger partial charge in [-0.25, -0.2) is 8.42 Å². The van der Waals surface area contributed by atoms with Crippen molar-refractivity contribution in [1.82, 2.24) is 4.90 Å². The summed E-state index contributed by atoms with van der Waals surface area (Å²) in [6, 6.07) is 8.30. The van der Waals surface area contributed by atoms with Crippen molar-refractivity contribution in [1.29, 1.82) is 0 Å². The molecule has 1 aromatic carbocycles. The van der Waals surface area contributed by atoms with E-state index in [9.17, 15) is 8.42 Å². The van der Waals surface area contributed by atoms with Crippen molar-refractivity contribution in [3.63, 3.8) is 0 Å². The highest BCUT2D eigenvalue weighted by molar-refractivity contribution is 7.91. The Hall–Kier alpha value is -0.910. The van der Waals surface area contributed by atoms with E-state index in [0.717, 1.165) is 13.0 Å². The Morgan fingerprint density at radius 3 is 2.63 bits per heavy atom. The van der Waals surface area contributed by atoms with E-state index in [1.54, 1.807) is 0 Å². The first-order valence-corrected chi connectivity index (χ1v) is 8.55. The Kier molecular flexibility index (Phi) is 4.60. The van der Waals surface area contributed by atoms with Crippen LogP contribution in [-0.2, 0) is 22.8 Å². The molecule has 2 rings (SSSR count). The first-order chi connectivity index (χ1) is 9.02. The number of hydrogen-bond donors (Lipinski definition) is 1. The van der Waals surface area contributed by atoms with Crippen LogP contribution >= 0.6 is 0 Å². The third kappa shape index (κ3) is 3.78. The van der Waals surface area contributed by atoms with Crippen LogP contribution in [-0.4, -0.2) is 44.0 Å². The number of rotatable bonds is 4. The number of nitrogens with zero attached hydrogens (tertiary/aromatic N) is 1. The summed E-state index contributed by atoms with van der Waals surface area (Å²) in [5.41, 5.74) is 8.18. The smallest absolute Gasteiger partial charge is 0.153 e. The van der Waals surface area contributed by atoms with Crippen molar-refractivity contribution in [3.05, 3.63) is 35.4 Å². The van der Waals surface area contributed by atoms with Gasteiger partial charge < -0.3 is 5.73 Å². The lowest BCUT2D eigenvalue weighted by molar-refractivity contribution is 0.229. The van der Waals surface area contributed by atoms with Gasteiger partial charge in [0.2, 0.25) is 0 Å². The molecule has 0 spiro atoms. The minimum atomic E-state index is -2.82. The van der Waals surface area contributed by atoms with Gasteiger partial charge in [0.15, 0.2) is 9.84 Å². The fraction of sp³-hybridized carbons (Fsp3) is 0.571. The summed E-state index contributed by atoms with van der Waals surface area (Å²) < 4.78 is 23.1. The normalized spacial score (nSPS) is 23.4. The molecule has 2 N–H and O–H groups in total. The lowest BCUT2D eigenvalue weighted by atomic mass is 10.0. The first kappa shape index (κ1) is 14.5. The van der Waals surface area contributed by atoms with E-state index >= 15 is 0 Å². The third-order valence-electron chi connectivity index (χ3n) is 3.81. The van der Waals surface area contributed by atoms with E-state index in [2.05, 4.69) is 17.0 Å². The minimum absolute atomic E-state index is 0.115. The van der Waals surface area contributed by atoms with Crippen LogP contribution in [0, 0.1) is 0 Å². The molecule has 19 heavy (non-hydrogen) atoms. The molecule has 1 heterocycles. The standard InChI is InChI=1S/C14H22N2O2S/c1-12-11-19(17,18)9-8-16(12)7-6-13-4-2-3-5-14(13)10-15/h2-5,12H,6-11,15H2,1H3. The topological polar surface area (TPSA) is 63.4 Å². The second kappa shape index (κ2) is 6.03. The largest absolute Gasteiger partial charge is 0.326 e. The fourth-order valence-electron chi connectivity index (χ4n) is 2.63. The molecule has 4 nitrogen and oxygen atoms in total. The van der Waals surface area contributed by atoms with E-state index in [0.29, 0.717) is 13.1 Å². The summed E-state index contributed by atoms with van der Waals surface area (Å²) in [5, 5.41) is 0. The van der Waals surface area contributed by atoms with Gasteiger partial charge >= 0.3 is 0 Å². The quantitative estimate of drug-likeness (QED) is 0.887. The maximum Gasteiger partial charge on any atom is 0.153 e. The zero-order valence-corrected chi connectivity index (χ0v) is 12.2. The monoisotopic (exact) mass is 282 g/mol. The molecular formula is C14H22N2O2S. The highest BCUT2D eigenvalue weighted by Gasteiger charge is 2.27. The van der Waals surface area contributed by atoms with Crippen LogP contribution < -0.4 is 5.73 Å².